The molecular formula is C16H27IN4O2S2. The van der Waals surface area contributed by atoms with Gasteiger partial charge in [0.15, 0.2) is 5.96 Å². The third-order valence-corrected chi connectivity index (χ3v) is 6.04. The van der Waals surface area contributed by atoms with E-state index in [0.29, 0.717) is 12.5 Å². The number of thioether (sulfide) groups is 1. The maximum absolute atomic E-state index is 11.9. The van der Waals surface area contributed by atoms with E-state index in [-0.39, 0.29) is 35.8 Å². The average Bonchev–Trinajstić information content (AvgIpc) is 2.53. The highest BCUT2D eigenvalue weighted by Crippen LogP contribution is 2.11. The Hall–Kier alpha value is -0.520. The molecule has 1 saturated heterocycles. The Morgan fingerprint density at radius 2 is 1.80 bits per heavy atom. The number of nitrogens with one attached hydrogen (secondary N) is 1. The number of aliphatic imine (C=N–C) groups is 1. The maximum atomic E-state index is 11.9. The van der Waals surface area contributed by atoms with E-state index in [2.05, 4.69) is 14.6 Å². The third kappa shape index (κ3) is 8.14. The summed E-state index contributed by atoms with van der Waals surface area (Å²) in [5, 5.41) is 0. The van der Waals surface area contributed by atoms with Gasteiger partial charge >= 0.3 is 0 Å². The normalized spacial score (nSPS) is 16.0. The monoisotopic (exact) mass is 498 g/mol. The van der Waals surface area contributed by atoms with Crippen LogP contribution in [0.3, 0.4) is 0 Å². The molecule has 0 aliphatic carbocycles. The number of sulfonamides is 1. The zero-order valence-electron chi connectivity index (χ0n) is 14.6. The van der Waals surface area contributed by atoms with Crippen molar-refractivity contribution in [3.05, 3.63) is 35.4 Å². The minimum Gasteiger partial charge on any atom is -0.370 e. The summed E-state index contributed by atoms with van der Waals surface area (Å²) in [6.07, 6.45) is 0. The van der Waals surface area contributed by atoms with Crippen LogP contribution in [0.2, 0.25) is 0 Å². The summed E-state index contributed by atoms with van der Waals surface area (Å²) in [4.78, 5) is 6.55. The van der Waals surface area contributed by atoms with Crippen molar-refractivity contribution in [3.8, 4) is 0 Å². The van der Waals surface area contributed by atoms with Crippen molar-refractivity contribution >= 4 is 51.7 Å². The van der Waals surface area contributed by atoms with E-state index in [4.69, 9.17) is 5.73 Å². The topological polar surface area (TPSA) is 87.8 Å². The van der Waals surface area contributed by atoms with Gasteiger partial charge in [0, 0.05) is 30.6 Å². The first-order chi connectivity index (χ1) is 11.4. The Kier molecular flexibility index (Phi) is 9.54. The molecule has 0 unspecified atom stereocenters. The summed E-state index contributed by atoms with van der Waals surface area (Å²) < 4.78 is 26.4. The lowest BCUT2D eigenvalue weighted by molar-refractivity contribution is 0.455. The van der Waals surface area contributed by atoms with Crippen LogP contribution >= 0.6 is 35.7 Å². The van der Waals surface area contributed by atoms with E-state index in [1.165, 1.54) is 0 Å². The summed E-state index contributed by atoms with van der Waals surface area (Å²) >= 11 is 1.93. The molecule has 25 heavy (non-hydrogen) atoms. The van der Waals surface area contributed by atoms with Crippen molar-refractivity contribution in [2.75, 3.05) is 24.6 Å². The second-order valence-corrected chi connectivity index (χ2v) is 9.10. The largest absolute Gasteiger partial charge is 0.370 e. The Labute approximate surface area is 172 Å². The van der Waals surface area contributed by atoms with Crippen LogP contribution in [0, 0.1) is 0 Å². The molecule has 3 N–H and O–H groups in total. The van der Waals surface area contributed by atoms with Crippen LogP contribution in [0.5, 0.6) is 0 Å². The lowest BCUT2D eigenvalue weighted by Crippen LogP contribution is -2.42. The number of nitrogens with zero attached hydrogens (tertiary/aromatic N) is 2. The van der Waals surface area contributed by atoms with Crippen LogP contribution in [0.1, 0.15) is 25.0 Å². The predicted molar refractivity (Wildman–Crippen MR) is 117 cm³/mol. The molecule has 1 heterocycles. The molecule has 0 radical (unpaired) electrons. The van der Waals surface area contributed by atoms with Gasteiger partial charge in [-0.2, -0.15) is 11.8 Å². The van der Waals surface area contributed by atoms with Gasteiger partial charge < -0.3 is 10.6 Å². The van der Waals surface area contributed by atoms with Crippen molar-refractivity contribution in [1.82, 2.24) is 9.62 Å². The molecule has 0 atom stereocenters. The number of halogens is 1. The molecule has 0 bridgehead atoms. The quantitative estimate of drug-likeness (QED) is 0.356. The van der Waals surface area contributed by atoms with Crippen molar-refractivity contribution in [3.63, 3.8) is 0 Å². The molecule has 1 aliphatic rings. The Bertz CT molecular complexity index is 657. The van der Waals surface area contributed by atoms with Gasteiger partial charge in [0.1, 0.15) is 0 Å². The van der Waals surface area contributed by atoms with Crippen molar-refractivity contribution in [1.29, 1.82) is 0 Å². The van der Waals surface area contributed by atoms with Gasteiger partial charge in [0.25, 0.3) is 0 Å². The smallest absolute Gasteiger partial charge is 0.216 e. The molecule has 1 fully saturated rings. The van der Waals surface area contributed by atoms with Crippen molar-refractivity contribution in [2.24, 2.45) is 10.7 Å². The first-order valence-corrected chi connectivity index (χ1v) is 10.9. The zero-order valence-corrected chi connectivity index (χ0v) is 18.6. The van der Waals surface area contributed by atoms with Crippen LogP contribution in [-0.2, 0) is 22.3 Å². The summed E-state index contributed by atoms with van der Waals surface area (Å²) in [7, 11) is -3.29. The molecule has 6 nitrogen and oxygen atoms in total. The molecule has 0 spiro atoms. The number of hydrogen-bond acceptors (Lipinski definition) is 4. The van der Waals surface area contributed by atoms with Crippen LogP contribution in [0.25, 0.3) is 0 Å². The molecule has 142 valence electrons. The van der Waals surface area contributed by atoms with Crippen LogP contribution in [-0.4, -0.2) is 49.9 Å². The molecule has 0 saturated carbocycles. The number of guanidine groups is 1. The SMILES string of the molecule is CC(C)NS(=O)(=O)Cc1ccc(CN=C(N)N2CCSCC2)cc1.I. The van der Waals surface area contributed by atoms with Gasteiger partial charge in [-0.05, 0) is 25.0 Å². The Morgan fingerprint density at radius 1 is 1.24 bits per heavy atom. The molecule has 1 aromatic rings. The fourth-order valence-electron chi connectivity index (χ4n) is 2.43. The highest BCUT2D eigenvalue weighted by molar-refractivity contribution is 14.0. The summed E-state index contributed by atoms with van der Waals surface area (Å²) in [6, 6.07) is 7.38. The van der Waals surface area contributed by atoms with E-state index < -0.39 is 10.0 Å². The number of rotatable bonds is 6. The standard InChI is InChI=1S/C16H26N4O2S2.HI/c1-13(2)19-24(21,22)12-15-5-3-14(4-6-15)11-18-16(17)20-7-9-23-10-8-20;/h3-6,13,19H,7-12H2,1-2H3,(H2,17,18);1H. The summed E-state index contributed by atoms with van der Waals surface area (Å²) in [6.45, 7) is 6.01. The highest BCUT2D eigenvalue weighted by atomic mass is 127. The fourth-order valence-corrected chi connectivity index (χ4v) is 4.76. The lowest BCUT2D eigenvalue weighted by Gasteiger charge is -2.27. The minimum atomic E-state index is -3.29. The van der Waals surface area contributed by atoms with Gasteiger partial charge in [-0.3, -0.25) is 0 Å². The van der Waals surface area contributed by atoms with E-state index in [0.717, 1.165) is 35.7 Å². The Balaban J connectivity index is 0.00000312. The molecule has 1 aromatic carbocycles. The van der Waals surface area contributed by atoms with Gasteiger partial charge in [-0.25, -0.2) is 18.1 Å². The molecule has 2 rings (SSSR count). The van der Waals surface area contributed by atoms with Crippen molar-refractivity contribution in [2.45, 2.75) is 32.2 Å². The van der Waals surface area contributed by atoms with Gasteiger partial charge in [-0.15, -0.1) is 24.0 Å². The molecule has 1 aliphatic heterocycles. The first kappa shape index (κ1) is 22.5. The summed E-state index contributed by atoms with van der Waals surface area (Å²) in [5.41, 5.74) is 7.81. The average molecular weight is 498 g/mol. The highest BCUT2D eigenvalue weighted by Gasteiger charge is 2.13. The molecule has 9 heteroatoms. The second kappa shape index (κ2) is 10.6. The molecular weight excluding hydrogens is 471 g/mol. The first-order valence-electron chi connectivity index (χ1n) is 8.06. The van der Waals surface area contributed by atoms with Gasteiger partial charge in [-0.1, -0.05) is 24.3 Å². The molecule has 0 aromatic heterocycles. The number of nitrogens with two attached hydrogens (primary N) is 1. The van der Waals surface area contributed by atoms with E-state index >= 15 is 0 Å². The van der Waals surface area contributed by atoms with Crippen LogP contribution < -0.4 is 10.5 Å². The van der Waals surface area contributed by atoms with Crippen LogP contribution in [0.4, 0.5) is 0 Å². The fraction of sp³-hybridized carbons (Fsp3) is 0.562. The van der Waals surface area contributed by atoms with Crippen molar-refractivity contribution < 1.29 is 8.42 Å². The number of benzene rings is 1. The second-order valence-electron chi connectivity index (χ2n) is 6.12. The number of hydrogen-bond donors (Lipinski definition) is 2. The maximum Gasteiger partial charge on any atom is 0.216 e. The lowest BCUT2D eigenvalue weighted by atomic mass is 10.1. The van der Waals surface area contributed by atoms with Gasteiger partial charge in [0.05, 0.1) is 12.3 Å². The van der Waals surface area contributed by atoms with E-state index in [1.807, 2.05) is 49.9 Å². The summed E-state index contributed by atoms with van der Waals surface area (Å²) in [5.74, 6) is 2.75. The zero-order chi connectivity index (χ0) is 17.6. The van der Waals surface area contributed by atoms with Gasteiger partial charge in [0.2, 0.25) is 10.0 Å². The Morgan fingerprint density at radius 3 is 2.36 bits per heavy atom. The minimum absolute atomic E-state index is 0. The van der Waals surface area contributed by atoms with E-state index in [9.17, 15) is 8.42 Å². The third-order valence-electron chi connectivity index (χ3n) is 3.55. The molecule has 0 amide bonds. The van der Waals surface area contributed by atoms with E-state index in [1.54, 1.807) is 0 Å². The predicted octanol–water partition coefficient (Wildman–Crippen LogP) is 2.00. The van der Waals surface area contributed by atoms with Crippen LogP contribution in [0.15, 0.2) is 29.3 Å².